The van der Waals surface area contributed by atoms with Gasteiger partial charge in [-0.2, -0.15) is 0 Å². The minimum absolute atomic E-state index is 0.0925. The Balaban J connectivity index is 2.01. The zero-order valence-electron chi connectivity index (χ0n) is 18.2. The number of quaternary nitrogens is 1. The van der Waals surface area contributed by atoms with Gasteiger partial charge in [0, 0.05) is 29.9 Å². The highest BCUT2D eigenvalue weighted by molar-refractivity contribution is 7.52. The summed E-state index contributed by atoms with van der Waals surface area (Å²) in [7, 11) is -4.02. The zero-order chi connectivity index (χ0) is 20.8. The third-order valence-corrected chi connectivity index (χ3v) is 5.53. The summed E-state index contributed by atoms with van der Waals surface area (Å²) in [5.74, 6) is 0. The number of hydrogen-bond acceptors (Lipinski definition) is 2. The van der Waals surface area contributed by atoms with Crippen molar-refractivity contribution < 1.29 is 26.7 Å². The van der Waals surface area contributed by atoms with E-state index in [4.69, 9.17) is 12.7 Å². The highest BCUT2D eigenvalue weighted by Crippen LogP contribution is 2.49. The quantitative estimate of drug-likeness (QED) is 0.669. The first-order valence-electron chi connectivity index (χ1n) is 10.3. The molecule has 1 saturated heterocycles. The Bertz CT molecular complexity index is 880. The molecule has 0 radical (unpaired) electrons. The number of para-hydroxylation sites is 1. The Labute approximate surface area is 139 Å². The maximum atomic E-state index is 12.1. The van der Waals surface area contributed by atoms with Gasteiger partial charge >= 0.3 is 7.60 Å². The van der Waals surface area contributed by atoms with Gasteiger partial charge in [0.1, 0.15) is 0 Å². The van der Waals surface area contributed by atoms with Crippen LogP contribution in [0.15, 0.2) is 30.5 Å². The van der Waals surface area contributed by atoms with Crippen molar-refractivity contribution in [2.45, 2.75) is 25.5 Å². The van der Waals surface area contributed by atoms with Crippen LogP contribution < -0.4 is 0 Å². The molecule has 22 heavy (non-hydrogen) atoms. The number of nitrogens with one attached hydrogen (secondary N) is 1. The molecule has 2 aromatic rings. The molecule has 0 spiro atoms. The van der Waals surface area contributed by atoms with Crippen molar-refractivity contribution in [2.24, 2.45) is 0 Å². The van der Waals surface area contributed by atoms with Crippen molar-refractivity contribution in [2.75, 3.05) is 26.7 Å². The van der Waals surface area contributed by atoms with Crippen LogP contribution in [-0.2, 0) is 15.5 Å². The fourth-order valence-corrected chi connectivity index (χ4v) is 4.18. The number of H-pyrrole nitrogens is 1. The lowest BCUT2D eigenvalue weighted by Crippen LogP contribution is -2.52. The molecule has 120 valence electrons. The number of aromatic amines is 1. The van der Waals surface area contributed by atoms with Crippen LogP contribution in [0.4, 0.5) is 0 Å². The van der Waals surface area contributed by atoms with Crippen molar-refractivity contribution in [3.8, 4) is 0 Å². The third kappa shape index (κ3) is 3.28. The van der Waals surface area contributed by atoms with Gasteiger partial charge in [-0.1, -0.05) is 18.2 Å². The summed E-state index contributed by atoms with van der Waals surface area (Å²) < 4.78 is 64.2. The van der Waals surface area contributed by atoms with Gasteiger partial charge in [0.25, 0.3) is 0 Å². The molecular formula is C16H24N2O3P+. The van der Waals surface area contributed by atoms with Gasteiger partial charge < -0.3 is 14.4 Å². The lowest BCUT2D eigenvalue weighted by molar-refractivity contribution is -0.934. The smallest absolute Gasteiger partial charge is 0.332 e. The molecular weight excluding hydrogens is 299 g/mol. The molecule has 1 aliphatic rings. The number of nitrogens with zero attached hydrogens (tertiary/aromatic N) is 1. The fourth-order valence-electron chi connectivity index (χ4n) is 2.84. The van der Waals surface area contributed by atoms with Crippen molar-refractivity contribution in [1.29, 1.82) is 0 Å². The summed E-state index contributed by atoms with van der Waals surface area (Å²) in [5, 5.41) is 0.883. The summed E-state index contributed by atoms with van der Waals surface area (Å²) in [4.78, 5) is 13.0. The number of benzene rings is 1. The van der Waals surface area contributed by atoms with E-state index in [0.29, 0.717) is 0 Å². The van der Waals surface area contributed by atoms with E-state index in [2.05, 4.69) is 4.98 Å². The van der Waals surface area contributed by atoms with Gasteiger partial charge in [-0.05, 0) is 18.1 Å². The molecule has 0 aliphatic carbocycles. The van der Waals surface area contributed by atoms with E-state index >= 15 is 0 Å². The molecule has 5 nitrogen and oxygen atoms in total. The van der Waals surface area contributed by atoms with E-state index in [9.17, 15) is 9.46 Å². The van der Waals surface area contributed by atoms with E-state index in [1.165, 1.54) is 0 Å². The first-order valence-corrected chi connectivity index (χ1v) is 9.07. The summed E-state index contributed by atoms with van der Waals surface area (Å²) in [6, 6.07) is 7.46. The van der Waals surface area contributed by atoms with Crippen molar-refractivity contribution in [3.05, 3.63) is 36.0 Å². The van der Waals surface area contributed by atoms with Crippen LogP contribution in [0.5, 0.6) is 0 Å². The van der Waals surface area contributed by atoms with Crippen molar-refractivity contribution >= 4 is 18.5 Å². The normalized spacial score (nSPS) is 31.6. The van der Waals surface area contributed by atoms with Crippen LogP contribution in [0.25, 0.3) is 10.9 Å². The van der Waals surface area contributed by atoms with Crippen LogP contribution in [0, 0.1) is 0 Å². The van der Waals surface area contributed by atoms with Gasteiger partial charge in [0.15, 0.2) is 0 Å². The molecule has 3 rings (SSSR count). The lowest BCUT2D eigenvalue weighted by Gasteiger charge is -2.40. The monoisotopic (exact) mass is 329 g/mol. The highest BCUT2D eigenvalue weighted by atomic mass is 31.2. The van der Waals surface area contributed by atoms with E-state index in [1.807, 2.05) is 24.3 Å². The zero-order valence-corrected chi connectivity index (χ0v) is 13.1. The van der Waals surface area contributed by atoms with E-state index in [-0.39, 0.29) is 32.0 Å². The molecule has 0 bridgehead atoms. The predicted molar refractivity (Wildman–Crippen MR) is 87.8 cm³/mol. The first-order chi connectivity index (χ1) is 12.9. The van der Waals surface area contributed by atoms with Crippen LogP contribution in [-0.4, -0.2) is 47.2 Å². The van der Waals surface area contributed by atoms with Crippen molar-refractivity contribution in [3.63, 3.8) is 0 Å². The Kier molecular flexibility index (Phi) is 2.61. The lowest BCUT2D eigenvalue weighted by atomic mass is 10.1. The minimum atomic E-state index is -4.02. The first kappa shape index (κ1) is 9.89. The molecule has 1 fully saturated rings. The maximum Gasteiger partial charge on any atom is 0.332 e. The molecule has 6 heteroatoms. The second kappa shape index (κ2) is 5.82. The molecule has 2 N–H and O–H groups in total. The number of likely N-dealkylation sites (N-methyl/N-ethyl adjacent to an activating group) is 1. The number of rotatable bonds is 4. The van der Waals surface area contributed by atoms with Crippen molar-refractivity contribution in [1.82, 2.24) is 4.98 Å². The number of fused-ring (bicyclic) bond motifs is 1. The molecule has 1 aromatic carbocycles. The van der Waals surface area contributed by atoms with E-state index in [1.54, 1.807) is 6.20 Å². The molecule has 2 heterocycles. The second-order valence-corrected chi connectivity index (χ2v) is 7.70. The van der Waals surface area contributed by atoms with E-state index < -0.39 is 32.3 Å². The maximum absolute atomic E-state index is 12.1. The predicted octanol–water partition coefficient (Wildman–Crippen LogP) is 3.11. The largest absolute Gasteiger partial charge is 0.361 e. The van der Waals surface area contributed by atoms with Gasteiger partial charge in [-0.25, -0.2) is 0 Å². The molecule has 0 amide bonds. The number of aromatic nitrogens is 1. The van der Waals surface area contributed by atoms with Gasteiger partial charge in [0.2, 0.25) is 6.23 Å². The molecule has 2 atom stereocenters. The highest BCUT2D eigenvalue weighted by Gasteiger charge is 2.39. The Morgan fingerprint density at radius 1 is 1.50 bits per heavy atom. The summed E-state index contributed by atoms with van der Waals surface area (Å²) in [6.07, 6.45) is 0.712. The van der Waals surface area contributed by atoms with Crippen LogP contribution >= 0.6 is 7.60 Å². The number of hydrogen-bond donors (Lipinski definition) is 2. The van der Waals surface area contributed by atoms with Crippen LogP contribution in [0.3, 0.4) is 0 Å². The van der Waals surface area contributed by atoms with E-state index in [0.717, 1.165) is 16.5 Å². The molecule has 1 aromatic heterocycles. The molecule has 1 aliphatic heterocycles. The molecule has 2 unspecified atom stereocenters. The standard InChI is InChI=1S/C16H23N2O3P/c1-18(2,16-8-5-11-22(19,20)21-16)10-9-13-12-17-15-7-4-3-6-14(13)15/h3-4,6-7,12,16-17H,5,8-11H2,1-2H3/p+1/i1D3,2D3. The SMILES string of the molecule is [2H]C([2H])([2H])[N+](CCc1c[nH]c2ccccc12)(C1CCCP(=O)(O)O1)C([2H])([2H])[2H]. The van der Waals surface area contributed by atoms with Gasteiger partial charge in [0.05, 0.1) is 34.9 Å². The van der Waals surface area contributed by atoms with Crippen LogP contribution in [0.2, 0.25) is 0 Å². The third-order valence-electron chi connectivity index (χ3n) is 4.08. The molecule has 0 saturated carbocycles. The Morgan fingerprint density at radius 2 is 2.32 bits per heavy atom. The average molecular weight is 329 g/mol. The topological polar surface area (TPSA) is 62.3 Å². The Morgan fingerprint density at radius 3 is 3.09 bits per heavy atom. The van der Waals surface area contributed by atoms with Crippen LogP contribution in [0.1, 0.15) is 26.6 Å². The fraction of sp³-hybridized carbons (Fsp3) is 0.500. The van der Waals surface area contributed by atoms with Gasteiger partial charge in [-0.15, -0.1) is 0 Å². The Hall–Kier alpha value is -1.13. The second-order valence-electron chi connectivity index (χ2n) is 5.77. The minimum Gasteiger partial charge on any atom is -0.361 e. The van der Waals surface area contributed by atoms with Gasteiger partial charge in [-0.3, -0.25) is 9.09 Å². The summed E-state index contributed by atoms with van der Waals surface area (Å²) >= 11 is 0. The summed E-state index contributed by atoms with van der Waals surface area (Å²) in [6.45, 7) is -6.20. The summed E-state index contributed by atoms with van der Waals surface area (Å²) in [5.41, 5.74) is 1.65. The average Bonchev–Trinajstić information content (AvgIpc) is 2.95.